The van der Waals surface area contributed by atoms with Crippen molar-refractivity contribution in [3.8, 4) is 0 Å². The van der Waals surface area contributed by atoms with Crippen molar-refractivity contribution >= 4 is 34.2 Å². The highest BCUT2D eigenvalue weighted by Gasteiger charge is 1.90. The molecule has 9 heavy (non-hydrogen) atoms. The van der Waals surface area contributed by atoms with E-state index in [0.717, 1.165) is 5.02 Å². The van der Waals surface area contributed by atoms with Crippen LogP contribution in [-0.2, 0) is 0 Å². The van der Waals surface area contributed by atoms with Crippen LogP contribution in [0.4, 0.5) is 0 Å². The van der Waals surface area contributed by atoms with Gasteiger partial charge in [-0.1, -0.05) is 11.6 Å². The van der Waals surface area contributed by atoms with Crippen LogP contribution >= 0.6 is 34.2 Å². The molecule has 0 aliphatic heterocycles. The molecule has 0 unspecified atom stereocenters. The van der Waals surface area contributed by atoms with Gasteiger partial charge in [-0.05, 0) is 53.3 Å². The van der Waals surface area contributed by atoms with Crippen LogP contribution in [0.5, 0.6) is 0 Å². The zero-order valence-corrected chi connectivity index (χ0v) is 7.90. The van der Waals surface area contributed by atoms with Crippen molar-refractivity contribution in [2.24, 2.45) is 0 Å². The lowest BCUT2D eigenvalue weighted by atomic mass is 10.2. The van der Waals surface area contributed by atoms with Gasteiger partial charge in [0.1, 0.15) is 0 Å². The first-order valence-electron chi connectivity index (χ1n) is 2.61. The number of aryl methyl sites for hydroxylation is 1. The van der Waals surface area contributed by atoms with Gasteiger partial charge in [-0.15, -0.1) is 0 Å². The van der Waals surface area contributed by atoms with Gasteiger partial charge in [0, 0.05) is 8.59 Å². The Morgan fingerprint density at radius 3 is 2.44 bits per heavy atom. The first-order valence-corrected chi connectivity index (χ1v) is 4.07. The van der Waals surface area contributed by atoms with Gasteiger partial charge in [-0.3, -0.25) is 0 Å². The number of rotatable bonds is 0. The molecule has 0 radical (unpaired) electrons. The molecule has 0 nitrogen and oxygen atoms in total. The third-order valence-corrected chi connectivity index (χ3v) is 1.85. The molecule has 0 amide bonds. The Kier molecular flexibility index (Phi) is 2.35. The maximum absolute atomic E-state index is 5.75. The summed E-state index contributed by atoms with van der Waals surface area (Å²) in [5.41, 5.74) is 1.21. The molecule has 0 bridgehead atoms. The summed E-state index contributed by atoms with van der Waals surface area (Å²) < 4.78 is 1.19. The van der Waals surface area contributed by atoms with E-state index in [2.05, 4.69) is 28.7 Å². The van der Waals surface area contributed by atoms with Crippen molar-refractivity contribution < 1.29 is 0 Å². The second kappa shape index (κ2) is 2.88. The molecule has 0 heterocycles. The molecular weight excluding hydrogens is 246 g/mol. The van der Waals surface area contributed by atoms with E-state index in [0.29, 0.717) is 0 Å². The Balaban J connectivity index is 3.17. The zero-order chi connectivity index (χ0) is 6.85. The van der Waals surface area contributed by atoms with Crippen molar-refractivity contribution in [3.63, 3.8) is 0 Å². The Morgan fingerprint density at radius 1 is 1.33 bits per heavy atom. The highest BCUT2D eigenvalue weighted by atomic mass is 127. The van der Waals surface area contributed by atoms with Gasteiger partial charge in [0.05, 0.1) is 0 Å². The molecule has 0 aliphatic carbocycles. The van der Waals surface area contributed by atoms with Gasteiger partial charge in [0.15, 0.2) is 0 Å². The van der Waals surface area contributed by atoms with E-state index in [4.69, 9.17) is 11.6 Å². The van der Waals surface area contributed by atoms with Crippen molar-refractivity contribution in [2.45, 2.75) is 6.92 Å². The molecule has 0 N–H and O–H groups in total. The minimum Gasteiger partial charge on any atom is -0.0843 e. The lowest BCUT2D eigenvalue weighted by Crippen LogP contribution is -1.74. The monoisotopic (exact) mass is 252 g/mol. The van der Waals surface area contributed by atoms with Crippen molar-refractivity contribution in [1.82, 2.24) is 0 Å². The van der Waals surface area contributed by atoms with E-state index in [-0.39, 0.29) is 0 Å². The summed E-state index contributed by atoms with van der Waals surface area (Å²) in [4.78, 5) is 0. The second-order valence-electron chi connectivity index (χ2n) is 1.95. The molecule has 0 atom stereocenters. The summed E-state index contributed by atoms with van der Waals surface area (Å²) in [6.45, 7) is 2.04. The first-order chi connectivity index (χ1) is 4.18. The summed E-state index contributed by atoms with van der Waals surface area (Å²) in [7, 11) is 0. The summed E-state index contributed by atoms with van der Waals surface area (Å²) in [5, 5.41) is 0.819. The van der Waals surface area contributed by atoms with Gasteiger partial charge in [-0.2, -0.15) is 0 Å². The van der Waals surface area contributed by atoms with Crippen LogP contribution in [0, 0.1) is 10.5 Å². The quantitative estimate of drug-likeness (QED) is 0.622. The van der Waals surface area contributed by atoms with Gasteiger partial charge >= 0.3 is 0 Å². The lowest BCUT2D eigenvalue weighted by Gasteiger charge is -1.93. The number of halogens is 2. The third kappa shape index (κ3) is 2.14. The normalized spacial score (nSPS) is 9.67. The van der Waals surface area contributed by atoms with Crippen molar-refractivity contribution in [1.29, 1.82) is 0 Å². The molecule has 1 aromatic rings. The molecule has 0 aliphatic rings. The molecule has 2 heteroatoms. The van der Waals surface area contributed by atoms with E-state index in [9.17, 15) is 0 Å². The Hall–Kier alpha value is 0.240. The van der Waals surface area contributed by atoms with Crippen LogP contribution in [0.15, 0.2) is 18.2 Å². The highest BCUT2D eigenvalue weighted by Crippen LogP contribution is 2.15. The van der Waals surface area contributed by atoms with Crippen LogP contribution in [0.3, 0.4) is 0 Å². The van der Waals surface area contributed by atoms with Crippen LogP contribution in [0.25, 0.3) is 0 Å². The zero-order valence-electron chi connectivity index (χ0n) is 4.99. The average Bonchev–Trinajstić information content (AvgIpc) is 1.59. The SMILES string of the molecule is Cc1cc(Cl)cc(I)c1. The van der Waals surface area contributed by atoms with Crippen LogP contribution in [-0.4, -0.2) is 0 Å². The standard InChI is InChI=1S/C7H6ClI/c1-5-2-6(8)4-7(9)3-5/h2-4H,1H3. The molecule has 0 spiro atoms. The minimum atomic E-state index is 0.819. The van der Waals surface area contributed by atoms with E-state index in [1.165, 1.54) is 9.13 Å². The second-order valence-corrected chi connectivity index (χ2v) is 3.63. The number of hydrogen-bond acceptors (Lipinski definition) is 0. The third-order valence-electron chi connectivity index (χ3n) is 1.01. The van der Waals surface area contributed by atoms with E-state index < -0.39 is 0 Å². The molecule has 1 aromatic carbocycles. The lowest BCUT2D eigenvalue weighted by molar-refractivity contribution is 1.45. The van der Waals surface area contributed by atoms with Crippen molar-refractivity contribution in [2.75, 3.05) is 0 Å². The smallest absolute Gasteiger partial charge is 0.0419 e. The molecule has 0 saturated heterocycles. The van der Waals surface area contributed by atoms with Crippen molar-refractivity contribution in [3.05, 3.63) is 32.4 Å². The van der Waals surface area contributed by atoms with E-state index in [1.807, 2.05) is 19.1 Å². The Labute approximate surface area is 73.4 Å². The Morgan fingerprint density at radius 2 is 2.00 bits per heavy atom. The predicted octanol–water partition coefficient (Wildman–Crippen LogP) is 3.25. The number of benzene rings is 1. The fourth-order valence-electron chi connectivity index (χ4n) is 0.692. The topological polar surface area (TPSA) is 0 Å². The van der Waals surface area contributed by atoms with Crippen LogP contribution < -0.4 is 0 Å². The van der Waals surface area contributed by atoms with Crippen LogP contribution in [0.2, 0.25) is 5.02 Å². The molecule has 0 saturated carbocycles. The molecular formula is C7H6ClI. The largest absolute Gasteiger partial charge is 0.0843 e. The summed E-state index contributed by atoms with van der Waals surface area (Å²) >= 11 is 7.99. The molecule has 0 fully saturated rings. The fourth-order valence-corrected chi connectivity index (χ4v) is 1.99. The maximum Gasteiger partial charge on any atom is 0.0419 e. The maximum atomic E-state index is 5.75. The first kappa shape index (κ1) is 7.35. The summed E-state index contributed by atoms with van der Waals surface area (Å²) in [6.07, 6.45) is 0. The molecule has 48 valence electrons. The van der Waals surface area contributed by atoms with Gasteiger partial charge in [-0.25, -0.2) is 0 Å². The summed E-state index contributed by atoms with van der Waals surface area (Å²) in [6, 6.07) is 5.98. The average molecular weight is 252 g/mol. The van der Waals surface area contributed by atoms with Gasteiger partial charge in [0.2, 0.25) is 0 Å². The van der Waals surface area contributed by atoms with Gasteiger partial charge in [0.25, 0.3) is 0 Å². The molecule has 1 rings (SSSR count). The highest BCUT2D eigenvalue weighted by molar-refractivity contribution is 14.1. The van der Waals surface area contributed by atoms with Gasteiger partial charge < -0.3 is 0 Å². The summed E-state index contributed by atoms with van der Waals surface area (Å²) in [5.74, 6) is 0. The minimum absolute atomic E-state index is 0.819. The molecule has 0 aromatic heterocycles. The predicted molar refractivity (Wildman–Crippen MR) is 48.9 cm³/mol. The van der Waals surface area contributed by atoms with E-state index in [1.54, 1.807) is 0 Å². The van der Waals surface area contributed by atoms with E-state index >= 15 is 0 Å². The number of hydrogen-bond donors (Lipinski definition) is 0. The fraction of sp³-hybridized carbons (Fsp3) is 0.143. The Bertz CT molecular complexity index is 170. The van der Waals surface area contributed by atoms with Crippen LogP contribution in [0.1, 0.15) is 5.56 Å².